The van der Waals surface area contributed by atoms with Crippen LogP contribution in [-0.2, 0) is 13.0 Å². The molecular formula is C35H36FN5O. The molecule has 214 valence electrons. The first-order valence-electron chi connectivity index (χ1n) is 14.7. The second-order valence-electron chi connectivity index (χ2n) is 11.9. The molecule has 4 aromatic rings. The van der Waals surface area contributed by atoms with E-state index in [1.807, 2.05) is 36.9 Å². The van der Waals surface area contributed by atoms with Gasteiger partial charge in [0.1, 0.15) is 5.82 Å². The van der Waals surface area contributed by atoms with Gasteiger partial charge in [-0.05, 0) is 111 Å². The Kier molecular flexibility index (Phi) is 7.42. The van der Waals surface area contributed by atoms with Gasteiger partial charge in [0.2, 0.25) is 0 Å². The molecule has 6 nitrogen and oxygen atoms in total. The third-order valence-electron chi connectivity index (χ3n) is 9.16. The Morgan fingerprint density at radius 3 is 2.71 bits per heavy atom. The summed E-state index contributed by atoms with van der Waals surface area (Å²) in [6.45, 7) is 8.94. The highest BCUT2D eigenvalue weighted by Crippen LogP contribution is 2.37. The second kappa shape index (κ2) is 11.2. The Hall–Kier alpha value is -4.28. The number of benzene rings is 2. The van der Waals surface area contributed by atoms with Crippen LogP contribution in [-0.4, -0.2) is 51.4 Å². The maximum Gasteiger partial charge on any atom is 0.256 e. The number of likely N-dealkylation sites (tertiary alicyclic amines) is 1. The molecule has 0 atom stereocenters. The van der Waals surface area contributed by atoms with E-state index >= 15 is 0 Å². The average molecular weight is 562 g/mol. The van der Waals surface area contributed by atoms with Gasteiger partial charge in [-0.15, -0.1) is 0 Å². The standard InChI is InChI=1S/C35H36FN5O/c1-22(2)39(4)35(42)31-17-28(36)7-8-33(31)41-21-32(29-9-12-38-19-34(29)41)25-10-13-40(14-11-25)20-27-6-5-26-15-24(18-37)16-30(26)23(27)3/h5-9,12,16-17,19,21-22,25H,10-11,13-15,20H2,1-4H3. The quantitative estimate of drug-likeness (QED) is 0.260. The maximum absolute atomic E-state index is 14.4. The van der Waals surface area contributed by atoms with Crippen molar-refractivity contribution in [3.63, 3.8) is 0 Å². The number of allylic oxidation sites excluding steroid dienone is 1. The Balaban J connectivity index is 1.26. The number of nitriles is 1. The fourth-order valence-electron chi connectivity index (χ4n) is 6.44. The summed E-state index contributed by atoms with van der Waals surface area (Å²) < 4.78 is 16.4. The van der Waals surface area contributed by atoms with Crippen molar-refractivity contribution in [3.8, 4) is 11.8 Å². The predicted molar refractivity (Wildman–Crippen MR) is 164 cm³/mol. The van der Waals surface area contributed by atoms with Crippen molar-refractivity contribution in [2.45, 2.75) is 58.5 Å². The van der Waals surface area contributed by atoms with Crippen LogP contribution in [0.1, 0.15) is 70.8 Å². The highest BCUT2D eigenvalue weighted by Gasteiger charge is 2.27. The van der Waals surface area contributed by atoms with E-state index in [0.29, 0.717) is 17.2 Å². The number of carbonyl (C=O) groups is 1. The summed E-state index contributed by atoms with van der Waals surface area (Å²) in [5.74, 6) is -0.268. The number of piperidine rings is 1. The fourth-order valence-corrected chi connectivity index (χ4v) is 6.44. The molecule has 7 heteroatoms. The summed E-state index contributed by atoms with van der Waals surface area (Å²) >= 11 is 0. The van der Waals surface area contributed by atoms with E-state index in [-0.39, 0.29) is 11.9 Å². The molecule has 6 rings (SSSR count). The van der Waals surface area contributed by atoms with Gasteiger partial charge in [0.25, 0.3) is 5.91 Å². The summed E-state index contributed by atoms with van der Waals surface area (Å²) in [6.07, 6.45) is 10.6. The van der Waals surface area contributed by atoms with E-state index in [9.17, 15) is 14.4 Å². The molecule has 1 fully saturated rings. The number of halogens is 1. The van der Waals surface area contributed by atoms with Gasteiger partial charge in [0.05, 0.1) is 29.0 Å². The molecular weight excluding hydrogens is 525 g/mol. The highest BCUT2D eigenvalue weighted by atomic mass is 19.1. The number of aromatic nitrogens is 2. The van der Waals surface area contributed by atoms with Crippen molar-refractivity contribution in [1.29, 1.82) is 5.26 Å². The minimum absolute atomic E-state index is 0.00971. The minimum Gasteiger partial charge on any atom is -0.339 e. The van der Waals surface area contributed by atoms with Gasteiger partial charge in [-0.25, -0.2) is 4.39 Å². The molecule has 0 unspecified atom stereocenters. The van der Waals surface area contributed by atoms with Crippen molar-refractivity contribution in [3.05, 3.63) is 99.8 Å². The van der Waals surface area contributed by atoms with Crippen molar-refractivity contribution >= 4 is 22.9 Å². The molecule has 0 N–H and O–H groups in total. The average Bonchev–Trinajstić information content (AvgIpc) is 3.61. The van der Waals surface area contributed by atoms with Gasteiger partial charge in [-0.1, -0.05) is 12.1 Å². The number of fused-ring (bicyclic) bond motifs is 2. The van der Waals surface area contributed by atoms with Crippen molar-refractivity contribution in [2.24, 2.45) is 0 Å². The van der Waals surface area contributed by atoms with Crippen LogP contribution in [0.25, 0.3) is 22.7 Å². The van der Waals surface area contributed by atoms with E-state index in [1.165, 1.54) is 39.9 Å². The molecule has 2 aromatic heterocycles. The fraction of sp³-hybridized carbons (Fsp3) is 0.343. The molecule has 1 saturated heterocycles. The lowest BCUT2D eigenvalue weighted by atomic mass is 9.89. The Bertz CT molecular complexity index is 1750. The van der Waals surface area contributed by atoms with E-state index < -0.39 is 5.82 Å². The Labute approximate surface area is 246 Å². The molecule has 0 saturated carbocycles. The van der Waals surface area contributed by atoms with Crippen LogP contribution in [0, 0.1) is 24.1 Å². The summed E-state index contributed by atoms with van der Waals surface area (Å²) in [5, 5.41) is 10.5. The van der Waals surface area contributed by atoms with Gasteiger partial charge in [0, 0.05) is 49.4 Å². The van der Waals surface area contributed by atoms with Gasteiger partial charge >= 0.3 is 0 Å². The highest BCUT2D eigenvalue weighted by molar-refractivity contribution is 5.99. The lowest BCUT2D eigenvalue weighted by Crippen LogP contribution is -2.33. The molecule has 0 bridgehead atoms. The van der Waals surface area contributed by atoms with Gasteiger partial charge < -0.3 is 9.47 Å². The second-order valence-corrected chi connectivity index (χ2v) is 11.9. The molecule has 42 heavy (non-hydrogen) atoms. The normalized spacial score (nSPS) is 15.6. The van der Waals surface area contributed by atoms with E-state index in [1.54, 1.807) is 18.0 Å². The van der Waals surface area contributed by atoms with E-state index in [0.717, 1.165) is 55.4 Å². The van der Waals surface area contributed by atoms with Crippen molar-refractivity contribution in [1.82, 2.24) is 19.4 Å². The summed E-state index contributed by atoms with van der Waals surface area (Å²) in [7, 11) is 1.75. The van der Waals surface area contributed by atoms with E-state index in [2.05, 4.69) is 47.3 Å². The number of pyridine rings is 1. The molecule has 1 aliphatic carbocycles. The third kappa shape index (κ3) is 5.01. The maximum atomic E-state index is 14.4. The van der Waals surface area contributed by atoms with Crippen LogP contribution in [0.4, 0.5) is 4.39 Å². The van der Waals surface area contributed by atoms with Crippen LogP contribution in [0.2, 0.25) is 0 Å². The van der Waals surface area contributed by atoms with Crippen LogP contribution in [0.15, 0.2) is 60.6 Å². The lowest BCUT2D eigenvalue weighted by molar-refractivity contribution is 0.0754. The van der Waals surface area contributed by atoms with Crippen molar-refractivity contribution < 1.29 is 9.18 Å². The van der Waals surface area contributed by atoms with Gasteiger partial charge in [-0.2, -0.15) is 5.26 Å². The molecule has 0 radical (unpaired) electrons. The number of nitrogens with zero attached hydrogens (tertiary/aromatic N) is 5. The number of rotatable bonds is 6. The van der Waals surface area contributed by atoms with E-state index in [4.69, 9.17) is 0 Å². The number of hydrogen-bond acceptors (Lipinski definition) is 4. The molecule has 1 aliphatic heterocycles. The topological polar surface area (TPSA) is 65.2 Å². The van der Waals surface area contributed by atoms with Crippen LogP contribution >= 0.6 is 0 Å². The Morgan fingerprint density at radius 1 is 1.19 bits per heavy atom. The third-order valence-corrected chi connectivity index (χ3v) is 9.16. The zero-order valence-electron chi connectivity index (χ0n) is 24.7. The largest absolute Gasteiger partial charge is 0.339 e. The minimum atomic E-state index is -0.429. The number of amides is 1. The zero-order valence-corrected chi connectivity index (χ0v) is 24.7. The monoisotopic (exact) mass is 561 g/mol. The molecule has 0 spiro atoms. The first-order valence-corrected chi connectivity index (χ1v) is 14.7. The predicted octanol–water partition coefficient (Wildman–Crippen LogP) is 6.80. The molecule has 2 aliphatic rings. The van der Waals surface area contributed by atoms with Crippen LogP contribution in [0.3, 0.4) is 0 Å². The molecule has 1 amide bonds. The molecule has 2 aromatic carbocycles. The first-order chi connectivity index (χ1) is 20.2. The number of hydrogen-bond donors (Lipinski definition) is 0. The summed E-state index contributed by atoms with van der Waals surface area (Å²) in [4.78, 5) is 21.9. The zero-order chi connectivity index (χ0) is 29.5. The van der Waals surface area contributed by atoms with Gasteiger partial charge in [0.15, 0.2) is 0 Å². The van der Waals surface area contributed by atoms with Gasteiger partial charge in [-0.3, -0.25) is 14.7 Å². The van der Waals surface area contributed by atoms with Crippen molar-refractivity contribution in [2.75, 3.05) is 20.1 Å². The van der Waals surface area contributed by atoms with Crippen LogP contribution in [0.5, 0.6) is 0 Å². The smallest absolute Gasteiger partial charge is 0.256 e. The number of carbonyl (C=O) groups excluding carboxylic acids is 1. The lowest BCUT2D eigenvalue weighted by Gasteiger charge is -2.32. The van der Waals surface area contributed by atoms with Crippen LogP contribution < -0.4 is 0 Å². The first kappa shape index (κ1) is 27.9. The Morgan fingerprint density at radius 2 is 1.98 bits per heavy atom. The summed E-state index contributed by atoms with van der Waals surface area (Å²) in [5.41, 5.74) is 9.08. The SMILES string of the molecule is Cc1c(CN2CCC(c3cn(-c4ccc(F)cc4C(=O)N(C)C(C)C)c4cnccc34)CC2)ccc2c1C=C(C#N)C2. The summed E-state index contributed by atoms with van der Waals surface area (Å²) in [6, 6.07) is 13.2. The molecule has 3 heterocycles.